The van der Waals surface area contributed by atoms with Crippen LogP contribution in [-0.4, -0.2) is 36.8 Å². The normalized spacial score (nSPS) is 17.5. The minimum Gasteiger partial charge on any atom is -0.454 e. The largest absolute Gasteiger partial charge is 0.454 e. The monoisotopic (exact) mass is 429 g/mol. The molecule has 32 heavy (non-hydrogen) atoms. The number of hydrogen-bond acceptors (Lipinski definition) is 4. The lowest BCUT2D eigenvalue weighted by Crippen LogP contribution is -2.44. The molecule has 2 heterocycles. The summed E-state index contributed by atoms with van der Waals surface area (Å²) in [6.45, 7) is 1.62. The van der Waals surface area contributed by atoms with Crippen molar-refractivity contribution < 1.29 is 19.0 Å². The van der Waals surface area contributed by atoms with Crippen LogP contribution in [-0.2, 0) is 16.0 Å². The maximum atomic E-state index is 13.0. The molecule has 3 aromatic rings. The van der Waals surface area contributed by atoms with Crippen molar-refractivity contribution in [3.63, 3.8) is 0 Å². The fraction of sp³-hybridized carbons (Fsp3) is 0.296. The van der Waals surface area contributed by atoms with Crippen molar-refractivity contribution in [2.75, 3.05) is 19.9 Å². The molecule has 164 valence electrons. The molecule has 0 saturated carbocycles. The number of likely N-dealkylation sites (tertiary alicyclic amines) is 1. The highest BCUT2D eigenvalue weighted by Gasteiger charge is 2.28. The van der Waals surface area contributed by atoms with Gasteiger partial charge in [-0.2, -0.15) is 0 Å². The van der Waals surface area contributed by atoms with Gasteiger partial charge in [0.1, 0.15) is 6.10 Å². The third-order valence-electron chi connectivity index (χ3n) is 6.06. The van der Waals surface area contributed by atoms with Crippen molar-refractivity contribution in [1.82, 2.24) is 4.90 Å². The molecule has 2 aliphatic rings. The third-order valence-corrected chi connectivity index (χ3v) is 6.06. The highest BCUT2D eigenvalue weighted by Crippen LogP contribution is 2.33. The van der Waals surface area contributed by atoms with Gasteiger partial charge >= 0.3 is 0 Å². The van der Waals surface area contributed by atoms with Gasteiger partial charge in [-0.15, -0.1) is 0 Å². The van der Waals surface area contributed by atoms with Crippen LogP contribution in [0.4, 0.5) is 0 Å². The van der Waals surface area contributed by atoms with E-state index in [1.54, 1.807) is 0 Å². The lowest BCUT2D eigenvalue weighted by molar-refractivity contribution is -0.135. The standard InChI is InChI=1S/C27H27NO4/c29-26(17-20-13-14-24-25(16-20)31-19-30-24)28-15-7-12-23(18-28)32-27(21-8-3-1-4-9-21)22-10-5-2-6-11-22/h1-6,8-11,13-14,16,23,27H,7,12,15,17-19H2. The third kappa shape index (κ3) is 4.63. The molecule has 5 rings (SSSR count). The molecule has 1 atom stereocenters. The van der Waals surface area contributed by atoms with Crippen molar-refractivity contribution in [3.8, 4) is 11.5 Å². The minimum absolute atomic E-state index is 0.00475. The average Bonchev–Trinajstić information content (AvgIpc) is 3.32. The summed E-state index contributed by atoms with van der Waals surface area (Å²) in [5, 5.41) is 0. The van der Waals surface area contributed by atoms with E-state index in [0.717, 1.165) is 41.8 Å². The molecule has 1 fully saturated rings. The molecule has 0 aromatic heterocycles. The molecule has 2 aliphatic heterocycles. The van der Waals surface area contributed by atoms with Gasteiger partial charge in [-0.05, 0) is 41.7 Å². The summed E-state index contributed by atoms with van der Waals surface area (Å²) in [5.41, 5.74) is 3.19. The first kappa shape index (κ1) is 20.6. The highest BCUT2D eigenvalue weighted by molar-refractivity contribution is 5.79. The summed E-state index contributed by atoms with van der Waals surface area (Å²) in [4.78, 5) is 15.0. The predicted molar refractivity (Wildman–Crippen MR) is 122 cm³/mol. The van der Waals surface area contributed by atoms with E-state index in [-0.39, 0.29) is 24.9 Å². The van der Waals surface area contributed by atoms with Crippen LogP contribution in [0.25, 0.3) is 0 Å². The smallest absolute Gasteiger partial charge is 0.231 e. The Morgan fingerprint density at radius 2 is 1.62 bits per heavy atom. The Labute approximate surface area is 188 Å². The first-order valence-electron chi connectivity index (χ1n) is 11.2. The van der Waals surface area contributed by atoms with E-state index >= 15 is 0 Å². The van der Waals surface area contributed by atoms with Crippen LogP contribution >= 0.6 is 0 Å². The Hall–Kier alpha value is -3.31. The topological polar surface area (TPSA) is 48.0 Å². The molecule has 0 radical (unpaired) electrons. The summed E-state index contributed by atoms with van der Waals surface area (Å²) < 4.78 is 17.4. The molecule has 5 heteroatoms. The van der Waals surface area contributed by atoms with Gasteiger partial charge < -0.3 is 19.1 Å². The van der Waals surface area contributed by atoms with E-state index in [4.69, 9.17) is 14.2 Å². The quantitative estimate of drug-likeness (QED) is 0.567. The number of piperidine rings is 1. The van der Waals surface area contributed by atoms with Gasteiger partial charge in [-0.3, -0.25) is 4.79 Å². The Morgan fingerprint density at radius 1 is 0.938 bits per heavy atom. The van der Waals surface area contributed by atoms with E-state index in [0.29, 0.717) is 18.7 Å². The van der Waals surface area contributed by atoms with Crippen molar-refractivity contribution in [2.24, 2.45) is 0 Å². The van der Waals surface area contributed by atoms with E-state index in [1.807, 2.05) is 59.5 Å². The van der Waals surface area contributed by atoms with Gasteiger partial charge in [0.05, 0.1) is 12.5 Å². The molecule has 3 aromatic carbocycles. The molecule has 1 unspecified atom stereocenters. The summed E-state index contributed by atoms with van der Waals surface area (Å²) in [6, 6.07) is 26.3. The number of carbonyl (C=O) groups is 1. The van der Waals surface area contributed by atoms with Gasteiger partial charge in [0, 0.05) is 13.1 Å². The zero-order chi connectivity index (χ0) is 21.8. The Balaban J connectivity index is 1.27. The molecule has 0 aliphatic carbocycles. The van der Waals surface area contributed by atoms with Gasteiger partial charge in [-0.1, -0.05) is 66.7 Å². The molecular formula is C27H27NO4. The molecule has 0 spiro atoms. The van der Waals surface area contributed by atoms with Crippen LogP contribution in [0, 0.1) is 0 Å². The summed E-state index contributed by atoms with van der Waals surface area (Å²) in [7, 11) is 0. The first-order chi connectivity index (χ1) is 15.8. The number of nitrogens with zero attached hydrogens (tertiary/aromatic N) is 1. The number of benzene rings is 3. The van der Waals surface area contributed by atoms with Crippen molar-refractivity contribution in [2.45, 2.75) is 31.5 Å². The predicted octanol–water partition coefficient (Wildman–Crippen LogP) is 4.76. The van der Waals surface area contributed by atoms with Gasteiger partial charge in [0.2, 0.25) is 12.7 Å². The lowest BCUT2D eigenvalue weighted by atomic mass is 10.00. The minimum atomic E-state index is -0.147. The molecule has 1 saturated heterocycles. The Kier molecular flexibility index (Phi) is 6.08. The molecule has 0 N–H and O–H groups in total. The van der Waals surface area contributed by atoms with Crippen LogP contribution in [0.5, 0.6) is 11.5 Å². The van der Waals surface area contributed by atoms with Crippen LogP contribution in [0.1, 0.15) is 35.6 Å². The Morgan fingerprint density at radius 3 is 2.34 bits per heavy atom. The molecule has 5 nitrogen and oxygen atoms in total. The molecule has 0 bridgehead atoms. The second kappa shape index (κ2) is 9.45. The summed E-state index contributed by atoms with van der Waals surface area (Å²) >= 11 is 0. The highest BCUT2D eigenvalue weighted by atomic mass is 16.7. The van der Waals surface area contributed by atoms with E-state index in [1.165, 1.54) is 0 Å². The number of rotatable bonds is 6. The first-order valence-corrected chi connectivity index (χ1v) is 11.2. The van der Waals surface area contributed by atoms with Crippen LogP contribution in [0.2, 0.25) is 0 Å². The summed E-state index contributed by atoms with van der Waals surface area (Å²) in [5.74, 6) is 1.57. The maximum Gasteiger partial charge on any atom is 0.231 e. The molecular weight excluding hydrogens is 402 g/mol. The maximum absolute atomic E-state index is 13.0. The summed E-state index contributed by atoms with van der Waals surface area (Å²) in [6.07, 6.45) is 2.09. The van der Waals surface area contributed by atoms with E-state index < -0.39 is 0 Å². The van der Waals surface area contributed by atoms with Crippen LogP contribution < -0.4 is 9.47 Å². The lowest BCUT2D eigenvalue weighted by Gasteiger charge is -2.35. The van der Waals surface area contributed by atoms with E-state index in [2.05, 4.69) is 24.3 Å². The fourth-order valence-electron chi connectivity index (χ4n) is 4.41. The fourth-order valence-corrected chi connectivity index (χ4v) is 4.41. The average molecular weight is 430 g/mol. The van der Waals surface area contributed by atoms with Gasteiger partial charge in [0.25, 0.3) is 0 Å². The number of amides is 1. The SMILES string of the molecule is O=C(Cc1ccc2c(c1)OCO2)N1CCCC(OC(c2ccccc2)c2ccccc2)C1. The van der Waals surface area contributed by atoms with Gasteiger partial charge in [-0.25, -0.2) is 0 Å². The zero-order valence-corrected chi connectivity index (χ0v) is 18.0. The van der Waals surface area contributed by atoms with E-state index in [9.17, 15) is 4.79 Å². The van der Waals surface area contributed by atoms with Gasteiger partial charge in [0.15, 0.2) is 11.5 Å². The van der Waals surface area contributed by atoms with Crippen LogP contribution in [0.3, 0.4) is 0 Å². The zero-order valence-electron chi connectivity index (χ0n) is 18.0. The number of carbonyl (C=O) groups excluding carboxylic acids is 1. The van der Waals surface area contributed by atoms with Crippen LogP contribution in [0.15, 0.2) is 78.9 Å². The van der Waals surface area contributed by atoms with Crippen molar-refractivity contribution in [3.05, 3.63) is 95.6 Å². The number of fused-ring (bicyclic) bond motifs is 1. The number of hydrogen-bond donors (Lipinski definition) is 0. The molecule has 1 amide bonds. The van der Waals surface area contributed by atoms with Crippen molar-refractivity contribution in [1.29, 1.82) is 0 Å². The second-order valence-electron chi connectivity index (χ2n) is 8.31. The Bertz CT molecular complexity index is 1010. The number of ether oxygens (including phenoxy) is 3. The van der Waals surface area contributed by atoms with Crippen molar-refractivity contribution >= 4 is 5.91 Å². The second-order valence-corrected chi connectivity index (χ2v) is 8.31.